The van der Waals surface area contributed by atoms with E-state index in [-0.39, 0.29) is 6.10 Å². The van der Waals surface area contributed by atoms with Crippen molar-refractivity contribution in [3.63, 3.8) is 0 Å². The number of piperidine rings is 1. The van der Waals surface area contributed by atoms with Crippen molar-refractivity contribution in [2.45, 2.75) is 56.0 Å². The van der Waals surface area contributed by atoms with Crippen LogP contribution in [-0.2, 0) is 13.1 Å². The standard InChI is InChI=1S/C25H36N4OS/c1-3-26-25(27-17-20(2)31-24-7-5-4-6-8-24)28-18-21-9-11-22(12-10-21)19-29-15-13-23(30)14-16-29/h4-12,20,23,30H,3,13-19H2,1-2H3,(H2,26,27,28). The van der Waals surface area contributed by atoms with E-state index in [0.29, 0.717) is 11.8 Å². The van der Waals surface area contributed by atoms with E-state index in [9.17, 15) is 5.11 Å². The molecule has 0 radical (unpaired) electrons. The first-order chi connectivity index (χ1) is 15.1. The van der Waals surface area contributed by atoms with E-state index in [2.05, 4.69) is 77.9 Å². The highest BCUT2D eigenvalue weighted by Gasteiger charge is 2.16. The maximum absolute atomic E-state index is 9.66. The summed E-state index contributed by atoms with van der Waals surface area (Å²) < 4.78 is 0. The molecule has 0 bridgehead atoms. The van der Waals surface area contributed by atoms with Gasteiger partial charge in [0.25, 0.3) is 0 Å². The predicted molar refractivity (Wildman–Crippen MR) is 132 cm³/mol. The van der Waals surface area contributed by atoms with Gasteiger partial charge in [0.05, 0.1) is 12.6 Å². The second-order valence-electron chi connectivity index (χ2n) is 8.14. The lowest BCUT2D eigenvalue weighted by Gasteiger charge is -2.29. The third-order valence-electron chi connectivity index (χ3n) is 5.39. The Morgan fingerprint density at radius 1 is 1.06 bits per heavy atom. The van der Waals surface area contributed by atoms with Crippen LogP contribution in [0.3, 0.4) is 0 Å². The normalized spacial score (nSPS) is 16.8. The molecule has 31 heavy (non-hydrogen) atoms. The van der Waals surface area contributed by atoms with Crippen molar-refractivity contribution >= 4 is 17.7 Å². The Morgan fingerprint density at radius 3 is 2.42 bits per heavy atom. The maximum atomic E-state index is 9.66. The average molecular weight is 441 g/mol. The summed E-state index contributed by atoms with van der Waals surface area (Å²) in [7, 11) is 0. The van der Waals surface area contributed by atoms with Gasteiger partial charge in [0.15, 0.2) is 5.96 Å². The summed E-state index contributed by atoms with van der Waals surface area (Å²) in [4.78, 5) is 8.47. The number of thioether (sulfide) groups is 1. The van der Waals surface area contributed by atoms with Crippen LogP contribution in [0.1, 0.15) is 37.8 Å². The van der Waals surface area contributed by atoms with Crippen molar-refractivity contribution in [1.82, 2.24) is 15.5 Å². The number of nitrogens with zero attached hydrogens (tertiary/aromatic N) is 2. The summed E-state index contributed by atoms with van der Waals surface area (Å²) in [6.45, 7) is 9.59. The number of rotatable bonds is 9. The predicted octanol–water partition coefficient (Wildman–Crippen LogP) is 3.88. The van der Waals surface area contributed by atoms with Crippen molar-refractivity contribution < 1.29 is 5.11 Å². The smallest absolute Gasteiger partial charge is 0.191 e. The summed E-state index contributed by atoms with van der Waals surface area (Å²) >= 11 is 1.87. The third kappa shape index (κ3) is 8.56. The minimum atomic E-state index is -0.115. The van der Waals surface area contributed by atoms with Crippen LogP contribution in [-0.4, -0.2) is 53.5 Å². The van der Waals surface area contributed by atoms with Gasteiger partial charge in [0.1, 0.15) is 0 Å². The van der Waals surface area contributed by atoms with Crippen molar-refractivity contribution in [3.05, 3.63) is 65.7 Å². The SMILES string of the molecule is CCNC(=NCc1ccc(CN2CCC(O)CC2)cc1)NCC(C)Sc1ccccc1. The molecule has 0 saturated carbocycles. The van der Waals surface area contributed by atoms with Crippen LogP contribution in [0.2, 0.25) is 0 Å². The van der Waals surface area contributed by atoms with Crippen molar-refractivity contribution in [3.8, 4) is 0 Å². The van der Waals surface area contributed by atoms with E-state index in [1.807, 2.05) is 17.8 Å². The number of hydrogen-bond donors (Lipinski definition) is 3. The van der Waals surface area contributed by atoms with Gasteiger partial charge in [-0.2, -0.15) is 0 Å². The molecule has 0 amide bonds. The van der Waals surface area contributed by atoms with Gasteiger partial charge in [-0.15, -0.1) is 11.8 Å². The number of hydrogen-bond acceptors (Lipinski definition) is 4. The molecule has 6 heteroatoms. The molecule has 1 saturated heterocycles. The monoisotopic (exact) mass is 440 g/mol. The molecule has 0 spiro atoms. The van der Waals surface area contributed by atoms with Crippen LogP contribution in [0.15, 0.2) is 64.5 Å². The lowest BCUT2D eigenvalue weighted by Crippen LogP contribution is -2.40. The molecule has 1 fully saturated rings. The third-order valence-corrected chi connectivity index (χ3v) is 6.50. The second kappa shape index (κ2) is 12.7. The summed E-state index contributed by atoms with van der Waals surface area (Å²) in [6.07, 6.45) is 1.65. The number of likely N-dealkylation sites (tertiary alicyclic amines) is 1. The van der Waals surface area contributed by atoms with Crippen LogP contribution in [0, 0.1) is 0 Å². The number of benzene rings is 2. The Balaban J connectivity index is 1.46. The highest BCUT2D eigenvalue weighted by atomic mass is 32.2. The van der Waals surface area contributed by atoms with Gasteiger partial charge in [-0.3, -0.25) is 4.90 Å². The largest absolute Gasteiger partial charge is 0.393 e. The molecule has 3 rings (SSSR count). The van der Waals surface area contributed by atoms with Gasteiger partial charge in [0.2, 0.25) is 0 Å². The molecule has 2 aromatic carbocycles. The molecule has 3 N–H and O–H groups in total. The number of aliphatic imine (C=N–C) groups is 1. The van der Waals surface area contributed by atoms with Crippen molar-refractivity contribution in [2.24, 2.45) is 4.99 Å². The zero-order valence-corrected chi connectivity index (χ0v) is 19.6. The molecule has 1 heterocycles. The van der Waals surface area contributed by atoms with Crippen LogP contribution in [0.25, 0.3) is 0 Å². The molecule has 168 valence electrons. The quantitative estimate of drug-likeness (QED) is 0.314. The van der Waals surface area contributed by atoms with E-state index in [4.69, 9.17) is 4.99 Å². The van der Waals surface area contributed by atoms with E-state index in [0.717, 1.165) is 51.5 Å². The first-order valence-electron chi connectivity index (χ1n) is 11.3. The number of aliphatic hydroxyl groups is 1. The first-order valence-corrected chi connectivity index (χ1v) is 12.2. The van der Waals surface area contributed by atoms with Gasteiger partial charge in [-0.1, -0.05) is 49.4 Å². The summed E-state index contributed by atoms with van der Waals surface area (Å²) in [5.74, 6) is 0.860. The van der Waals surface area contributed by atoms with E-state index >= 15 is 0 Å². The van der Waals surface area contributed by atoms with Gasteiger partial charge < -0.3 is 15.7 Å². The molecule has 0 aliphatic carbocycles. The molecule has 1 aliphatic rings. The van der Waals surface area contributed by atoms with Gasteiger partial charge >= 0.3 is 0 Å². The fourth-order valence-electron chi connectivity index (χ4n) is 3.61. The molecule has 0 aromatic heterocycles. The van der Waals surface area contributed by atoms with Gasteiger partial charge in [0, 0.05) is 42.9 Å². The Bertz CT molecular complexity index is 789. The van der Waals surface area contributed by atoms with Crippen molar-refractivity contribution in [2.75, 3.05) is 26.2 Å². The maximum Gasteiger partial charge on any atom is 0.191 e. The lowest BCUT2D eigenvalue weighted by molar-refractivity contribution is 0.0792. The second-order valence-corrected chi connectivity index (χ2v) is 9.65. The Labute approximate surface area is 191 Å². The molecular weight excluding hydrogens is 404 g/mol. The van der Waals surface area contributed by atoms with Gasteiger partial charge in [-0.25, -0.2) is 4.99 Å². The van der Waals surface area contributed by atoms with E-state index in [1.54, 1.807) is 0 Å². The van der Waals surface area contributed by atoms with Crippen molar-refractivity contribution in [1.29, 1.82) is 0 Å². The number of nitrogens with one attached hydrogen (secondary N) is 2. The first kappa shape index (κ1) is 23.6. The molecule has 2 aromatic rings. The summed E-state index contributed by atoms with van der Waals surface area (Å²) in [6, 6.07) is 19.3. The molecule has 1 aliphatic heterocycles. The molecular formula is C25H36N4OS. The highest BCUT2D eigenvalue weighted by molar-refractivity contribution is 8.00. The van der Waals surface area contributed by atoms with Crippen LogP contribution in [0.5, 0.6) is 0 Å². The Morgan fingerprint density at radius 2 is 1.74 bits per heavy atom. The molecule has 1 atom stereocenters. The fourth-order valence-corrected chi connectivity index (χ4v) is 4.56. The topological polar surface area (TPSA) is 59.9 Å². The van der Waals surface area contributed by atoms with Crippen LogP contribution in [0.4, 0.5) is 0 Å². The van der Waals surface area contributed by atoms with Crippen LogP contribution < -0.4 is 10.6 Å². The zero-order chi connectivity index (χ0) is 21.9. The van der Waals surface area contributed by atoms with E-state index < -0.39 is 0 Å². The fraction of sp³-hybridized carbons (Fsp3) is 0.480. The minimum absolute atomic E-state index is 0.115. The number of aliphatic hydroxyl groups excluding tert-OH is 1. The Kier molecular flexibility index (Phi) is 9.72. The molecule has 5 nitrogen and oxygen atoms in total. The summed E-state index contributed by atoms with van der Waals surface area (Å²) in [5, 5.41) is 16.9. The lowest BCUT2D eigenvalue weighted by atomic mass is 10.1. The minimum Gasteiger partial charge on any atom is -0.393 e. The molecule has 1 unspecified atom stereocenters. The number of guanidine groups is 1. The summed E-state index contributed by atoms with van der Waals surface area (Å²) in [5.41, 5.74) is 2.53. The zero-order valence-electron chi connectivity index (χ0n) is 18.8. The Hall–Kier alpha value is -2.02. The van der Waals surface area contributed by atoms with E-state index in [1.165, 1.54) is 16.0 Å². The van der Waals surface area contributed by atoms with Gasteiger partial charge in [-0.05, 0) is 43.0 Å². The highest BCUT2D eigenvalue weighted by Crippen LogP contribution is 2.22. The average Bonchev–Trinajstić information content (AvgIpc) is 2.79. The van der Waals surface area contributed by atoms with Crippen LogP contribution >= 0.6 is 11.8 Å².